The Labute approximate surface area is 194 Å². The number of hydrogen-bond acceptors (Lipinski definition) is 4. The van der Waals surface area contributed by atoms with Gasteiger partial charge in [0.25, 0.3) is 11.8 Å². The third-order valence-electron chi connectivity index (χ3n) is 5.10. The second-order valence-corrected chi connectivity index (χ2v) is 7.56. The standard InChI is InChI=1S/C26H20F2N4O2/c1-17-5-7-18(8-6-17)24(25(33)31-21-11-9-19(27)10-12-21)32(22-4-2-3-20(28)15-22)26(34)23-16-29-13-14-30-23/h2-16,24H,1H3,(H,31,33). The summed E-state index contributed by atoms with van der Waals surface area (Å²) < 4.78 is 27.5. The summed E-state index contributed by atoms with van der Waals surface area (Å²) in [7, 11) is 0. The molecule has 4 rings (SSSR count). The first kappa shape index (κ1) is 22.7. The van der Waals surface area contributed by atoms with E-state index in [4.69, 9.17) is 0 Å². The molecule has 0 aliphatic carbocycles. The molecule has 6 nitrogen and oxygen atoms in total. The van der Waals surface area contributed by atoms with Gasteiger partial charge in [0.1, 0.15) is 23.4 Å². The molecule has 1 unspecified atom stereocenters. The number of carbonyl (C=O) groups excluding carboxylic acids is 2. The number of halogens is 2. The summed E-state index contributed by atoms with van der Waals surface area (Å²) in [4.78, 5) is 36.4. The minimum atomic E-state index is -1.19. The van der Waals surface area contributed by atoms with Crippen LogP contribution in [-0.2, 0) is 4.79 Å². The summed E-state index contributed by atoms with van der Waals surface area (Å²) in [5.74, 6) is -2.24. The average Bonchev–Trinajstić information content (AvgIpc) is 2.85. The van der Waals surface area contributed by atoms with Crippen LogP contribution in [0, 0.1) is 18.6 Å². The number of nitrogens with zero attached hydrogens (tertiary/aromatic N) is 3. The summed E-state index contributed by atoms with van der Waals surface area (Å²) in [6, 6.07) is 16.5. The van der Waals surface area contributed by atoms with Gasteiger partial charge in [0.2, 0.25) is 0 Å². The van der Waals surface area contributed by atoms with Crippen molar-refractivity contribution in [2.45, 2.75) is 13.0 Å². The Balaban J connectivity index is 1.84. The van der Waals surface area contributed by atoms with Crippen molar-refractivity contribution < 1.29 is 18.4 Å². The Bertz CT molecular complexity index is 1300. The minimum Gasteiger partial charge on any atom is -0.324 e. The van der Waals surface area contributed by atoms with Crippen LogP contribution in [0.3, 0.4) is 0 Å². The number of nitrogens with one attached hydrogen (secondary N) is 1. The number of hydrogen-bond donors (Lipinski definition) is 1. The van der Waals surface area contributed by atoms with Gasteiger partial charge in [-0.3, -0.25) is 19.5 Å². The van der Waals surface area contributed by atoms with Crippen molar-refractivity contribution >= 4 is 23.2 Å². The van der Waals surface area contributed by atoms with Crippen molar-refractivity contribution in [3.63, 3.8) is 0 Å². The largest absolute Gasteiger partial charge is 0.324 e. The first-order chi connectivity index (χ1) is 16.4. The van der Waals surface area contributed by atoms with Crippen LogP contribution in [0.2, 0.25) is 0 Å². The maximum absolute atomic E-state index is 14.2. The second-order valence-electron chi connectivity index (χ2n) is 7.56. The molecule has 0 fully saturated rings. The predicted octanol–water partition coefficient (Wildman–Crippen LogP) is 5.09. The maximum Gasteiger partial charge on any atom is 0.279 e. The zero-order valence-electron chi connectivity index (χ0n) is 18.2. The number of carbonyl (C=O) groups is 2. The molecular formula is C26H20F2N4O2. The van der Waals surface area contributed by atoms with Gasteiger partial charge in [-0.15, -0.1) is 0 Å². The first-order valence-electron chi connectivity index (χ1n) is 10.4. The van der Waals surface area contributed by atoms with Gasteiger partial charge in [-0.2, -0.15) is 0 Å². The molecule has 4 aromatic rings. The van der Waals surface area contributed by atoms with E-state index in [2.05, 4.69) is 15.3 Å². The average molecular weight is 458 g/mol. The van der Waals surface area contributed by atoms with Gasteiger partial charge in [-0.1, -0.05) is 35.9 Å². The van der Waals surface area contributed by atoms with Gasteiger partial charge in [0, 0.05) is 23.8 Å². The SMILES string of the molecule is Cc1ccc(C(C(=O)Nc2ccc(F)cc2)N(C(=O)c2cnccn2)c2cccc(F)c2)cc1. The van der Waals surface area contributed by atoms with Gasteiger partial charge in [-0.05, 0) is 55.0 Å². The molecule has 0 spiro atoms. The lowest BCUT2D eigenvalue weighted by molar-refractivity contribution is -0.117. The van der Waals surface area contributed by atoms with Crippen LogP contribution in [-0.4, -0.2) is 21.8 Å². The van der Waals surface area contributed by atoms with E-state index in [1.165, 1.54) is 72.0 Å². The molecule has 0 saturated carbocycles. The highest BCUT2D eigenvalue weighted by Crippen LogP contribution is 2.31. The smallest absolute Gasteiger partial charge is 0.279 e. The molecule has 1 atom stereocenters. The quantitative estimate of drug-likeness (QED) is 0.437. The van der Waals surface area contributed by atoms with Crippen LogP contribution in [0.5, 0.6) is 0 Å². The number of rotatable bonds is 6. The fourth-order valence-electron chi connectivity index (χ4n) is 3.45. The Morgan fingerprint density at radius 3 is 2.29 bits per heavy atom. The number of aryl methyl sites for hydroxylation is 1. The summed E-state index contributed by atoms with van der Waals surface area (Å²) in [5, 5.41) is 2.72. The number of aromatic nitrogens is 2. The summed E-state index contributed by atoms with van der Waals surface area (Å²) in [6.45, 7) is 1.90. The van der Waals surface area contributed by atoms with Gasteiger partial charge in [0.15, 0.2) is 0 Å². The minimum absolute atomic E-state index is 0.0153. The monoisotopic (exact) mass is 458 g/mol. The lowest BCUT2D eigenvalue weighted by Crippen LogP contribution is -2.42. The lowest BCUT2D eigenvalue weighted by atomic mass is 10.0. The summed E-state index contributed by atoms with van der Waals surface area (Å²) >= 11 is 0. The highest BCUT2D eigenvalue weighted by atomic mass is 19.1. The Hall–Kier alpha value is -4.46. The van der Waals surface area contributed by atoms with Crippen molar-refractivity contribution in [3.8, 4) is 0 Å². The highest BCUT2D eigenvalue weighted by molar-refractivity contribution is 6.11. The van der Waals surface area contributed by atoms with E-state index >= 15 is 0 Å². The van der Waals surface area contributed by atoms with Crippen molar-refractivity contribution in [2.24, 2.45) is 0 Å². The summed E-state index contributed by atoms with van der Waals surface area (Å²) in [6.07, 6.45) is 4.05. The van der Waals surface area contributed by atoms with Crippen LogP contribution in [0.15, 0.2) is 91.4 Å². The van der Waals surface area contributed by atoms with E-state index in [0.717, 1.165) is 5.56 Å². The van der Waals surface area contributed by atoms with Crippen LogP contribution in [0.25, 0.3) is 0 Å². The molecular weight excluding hydrogens is 438 g/mol. The fraction of sp³-hybridized carbons (Fsp3) is 0.0769. The molecule has 0 radical (unpaired) electrons. The number of benzene rings is 3. The zero-order valence-corrected chi connectivity index (χ0v) is 18.2. The molecule has 0 saturated heterocycles. The predicted molar refractivity (Wildman–Crippen MR) is 124 cm³/mol. The molecule has 0 aliphatic rings. The van der Waals surface area contributed by atoms with Crippen LogP contribution in [0.4, 0.5) is 20.2 Å². The van der Waals surface area contributed by atoms with E-state index in [-0.39, 0.29) is 11.4 Å². The second kappa shape index (κ2) is 9.99. The van der Waals surface area contributed by atoms with E-state index in [1.807, 2.05) is 19.1 Å². The van der Waals surface area contributed by atoms with Crippen molar-refractivity contribution in [1.29, 1.82) is 0 Å². The highest BCUT2D eigenvalue weighted by Gasteiger charge is 2.34. The molecule has 3 aromatic carbocycles. The van der Waals surface area contributed by atoms with E-state index in [0.29, 0.717) is 11.3 Å². The molecule has 1 heterocycles. The van der Waals surface area contributed by atoms with Crippen LogP contribution < -0.4 is 10.2 Å². The molecule has 2 amide bonds. The molecule has 1 N–H and O–H groups in total. The maximum atomic E-state index is 14.2. The topological polar surface area (TPSA) is 75.2 Å². The van der Waals surface area contributed by atoms with Gasteiger partial charge < -0.3 is 5.32 Å². The summed E-state index contributed by atoms with van der Waals surface area (Å²) in [5.41, 5.74) is 1.94. The molecule has 0 bridgehead atoms. The third kappa shape index (κ3) is 5.12. The molecule has 170 valence electrons. The normalized spacial score (nSPS) is 11.5. The Kier molecular flexibility index (Phi) is 6.68. The van der Waals surface area contributed by atoms with Crippen LogP contribution in [0.1, 0.15) is 27.7 Å². The molecule has 34 heavy (non-hydrogen) atoms. The molecule has 1 aromatic heterocycles. The van der Waals surface area contributed by atoms with Crippen molar-refractivity contribution in [1.82, 2.24) is 9.97 Å². The van der Waals surface area contributed by atoms with Gasteiger partial charge in [0.05, 0.1) is 6.20 Å². The number of amides is 2. The lowest BCUT2D eigenvalue weighted by Gasteiger charge is -2.31. The number of anilines is 2. The molecule has 0 aliphatic heterocycles. The molecule has 8 heteroatoms. The van der Waals surface area contributed by atoms with Gasteiger partial charge in [-0.25, -0.2) is 13.8 Å². The zero-order chi connectivity index (χ0) is 24.1. The van der Waals surface area contributed by atoms with E-state index < -0.39 is 29.5 Å². The van der Waals surface area contributed by atoms with Crippen LogP contribution >= 0.6 is 0 Å². The van der Waals surface area contributed by atoms with E-state index in [1.54, 1.807) is 12.1 Å². The first-order valence-corrected chi connectivity index (χ1v) is 10.4. The van der Waals surface area contributed by atoms with Crippen molar-refractivity contribution in [3.05, 3.63) is 120 Å². The Morgan fingerprint density at radius 1 is 0.912 bits per heavy atom. The van der Waals surface area contributed by atoms with Gasteiger partial charge >= 0.3 is 0 Å². The van der Waals surface area contributed by atoms with Crippen molar-refractivity contribution in [2.75, 3.05) is 10.2 Å². The fourth-order valence-corrected chi connectivity index (χ4v) is 3.45. The third-order valence-corrected chi connectivity index (χ3v) is 5.10. The van der Waals surface area contributed by atoms with E-state index in [9.17, 15) is 18.4 Å². The Morgan fingerprint density at radius 2 is 1.65 bits per heavy atom.